The Balaban J connectivity index is 2.53. The van der Waals surface area contributed by atoms with E-state index in [0.29, 0.717) is 0 Å². The lowest BCUT2D eigenvalue weighted by molar-refractivity contribution is 0.199. The van der Waals surface area contributed by atoms with E-state index in [-0.39, 0.29) is 0 Å². The van der Waals surface area contributed by atoms with Gasteiger partial charge in [0.2, 0.25) is 0 Å². The highest BCUT2D eigenvalue weighted by Crippen LogP contribution is 2.20. The van der Waals surface area contributed by atoms with Crippen LogP contribution in [0.1, 0.15) is 18.6 Å². The number of hydrogen-bond acceptors (Lipinski definition) is 2. The number of aliphatic hydroxyl groups excluding tert-OH is 1. The minimum atomic E-state index is -0.476. The molecule has 0 aliphatic heterocycles. The number of rotatable bonds is 2. The first kappa shape index (κ1) is 8.97. The fourth-order valence-corrected chi connectivity index (χ4v) is 1.46. The number of hydrogen-bond donors (Lipinski definition) is 1. The fraction of sp³-hybridized carbons (Fsp3) is 0.182. The van der Waals surface area contributed by atoms with Crippen molar-refractivity contribution in [3.63, 3.8) is 0 Å². The summed E-state index contributed by atoms with van der Waals surface area (Å²) in [6.07, 6.45) is 3.11. The topological polar surface area (TPSA) is 38.0 Å². The monoisotopic (exact) mass is 188 g/mol. The lowest BCUT2D eigenvalue weighted by Gasteiger charge is -2.11. The van der Waals surface area contributed by atoms with Crippen molar-refractivity contribution in [1.29, 1.82) is 0 Å². The lowest BCUT2D eigenvalue weighted by atomic mass is 10.1. The van der Waals surface area contributed by atoms with E-state index in [4.69, 9.17) is 0 Å². The Morgan fingerprint density at radius 3 is 2.71 bits per heavy atom. The number of aliphatic hydroxyl groups is 1. The number of benzene rings is 1. The van der Waals surface area contributed by atoms with Gasteiger partial charge in [0.15, 0.2) is 0 Å². The Labute approximate surface area is 82.6 Å². The first-order valence-electron chi connectivity index (χ1n) is 4.56. The first-order valence-corrected chi connectivity index (χ1v) is 4.56. The number of para-hydroxylation sites is 1. The molecule has 3 nitrogen and oxygen atoms in total. The van der Waals surface area contributed by atoms with Crippen molar-refractivity contribution in [3.8, 4) is 5.69 Å². The van der Waals surface area contributed by atoms with E-state index in [1.54, 1.807) is 17.8 Å². The van der Waals surface area contributed by atoms with Crippen LogP contribution in [0.5, 0.6) is 0 Å². The first-order chi connectivity index (χ1) is 6.79. The Hall–Kier alpha value is -1.61. The highest BCUT2D eigenvalue weighted by atomic mass is 16.3. The normalized spacial score (nSPS) is 12.7. The molecule has 2 aromatic rings. The van der Waals surface area contributed by atoms with E-state index < -0.39 is 6.10 Å². The minimum absolute atomic E-state index is 0.476. The molecule has 0 saturated heterocycles. The van der Waals surface area contributed by atoms with Gasteiger partial charge in [0.1, 0.15) is 0 Å². The molecule has 1 heterocycles. The van der Waals surface area contributed by atoms with Crippen LogP contribution in [0.3, 0.4) is 0 Å². The van der Waals surface area contributed by atoms with Gasteiger partial charge in [-0.25, -0.2) is 4.68 Å². The van der Waals surface area contributed by atoms with Crippen molar-refractivity contribution in [1.82, 2.24) is 9.78 Å². The molecule has 14 heavy (non-hydrogen) atoms. The maximum absolute atomic E-state index is 9.56. The SMILES string of the molecule is CC(O)c1ccccc1-n1cccn1. The zero-order valence-electron chi connectivity index (χ0n) is 7.96. The summed E-state index contributed by atoms with van der Waals surface area (Å²) in [4.78, 5) is 0. The van der Waals surface area contributed by atoms with E-state index in [0.717, 1.165) is 11.3 Å². The van der Waals surface area contributed by atoms with Crippen molar-refractivity contribution >= 4 is 0 Å². The third-order valence-electron chi connectivity index (χ3n) is 2.14. The van der Waals surface area contributed by atoms with Gasteiger partial charge in [0, 0.05) is 18.0 Å². The molecule has 0 bridgehead atoms. The Kier molecular flexibility index (Phi) is 2.33. The van der Waals surface area contributed by atoms with Gasteiger partial charge in [0.25, 0.3) is 0 Å². The Morgan fingerprint density at radius 1 is 1.29 bits per heavy atom. The molecule has 0 spiro atoms. The van der Waals surface area contributed by atoms with Gasteiger partial charge in [-0.1, -0.05) is 18.2 Å². The third kappa shape index (κ3) is 1.54. The molecular formula is C11H12N2O. The predicted molar refractivity (Wildman–Crippen MR) is 54.2 cm³/mol. The molecule has 1 aromatic carbocycles. The molecule has 2 rings (SSSR count). The van der Waals surface area contributed by atoms with Crippen molar-refractivity contribution in [2.45, 2.75) is 13.0 Å². The standard InChI is InChI=1S/C11H12N2O/c1-9(14)10-5-2-3-6-11(10)13-8-4-7-12-13/h2-9,14H,1H3. The Morgan fingerprint density at radius 2 is 2.07 bits per heavy atom. The molecule has 1 aromatic heterocycles. The van der Waals surface area contributed by atoms with E-state index >= 15 is 0 Å². The maximum atomic E-state index is 9.56. The molecular weight excluding hydrogens is 176 g/mol. The van der Waals surface area contributed by atoms with Crippen LogP contribution in [0.15, 0.2) is 42.7 Å². The van der Waals surface area contributed by atoms with Crippen molar-refractivity contribution in [2.24, 2.45) is 0 Å². The molecule has 1 atom stereocenters. The highest BCUT2D eigenvalue weighted by molar-refractivity contribution is 5.41. The maximum Gasteiger partial charge on any atom is 0.0782 e. The summed E-state index contributed by atoms with van der Waals surface area (Å²) in [5.41, 5.74) is 1.81. The Bertz CT molecular complexity index is 407. The molecule has 0 radical (unpaired) electrons. The quantitative estimate of drug-likeness (QED) is 0.782. The zero-order chi connectivity index (χ0) is 9.97. The summed E-state index contributed by atoms with van der Waals surface area (Å²) in [5, 5.41) is 13.7. The van der Waals surface area contributed by atoms with Gasteiger partial charge in [-0.15, -0.1) is 0 Å². The van der Waals surface area contributed by atoms with E-state index in [9.17, 15) is 5.11 Å². The zero-order valence-corrected chi connectivity index (χ0v) is 7.96. The lowest BCUT2D eigenvalue weighted by Crippen LogP contribution is -2.02. The average Bonchev–Trinajstić information content (AvgIpc) is 2.70. The second-order valence-electron chi connectivity index (χ2n) is 3.19. The third-order valence-corrected chi connectivity index (χ3v) is 2.14. The highest BCUT2D eigenvalue weighted by Gasteiger charge is 2.07. The summed E-state index contributed by atoms with van der Waals surface area (Å²) in [5.74, 6) is 0. The van der Waals surface area contributed by atoms with Gasteiger partial charge in [0.05, 0.1) is 11.8 Å². The van der Waals surface area contributed by atoms with E-state index in [2.05, 4.69) is 5.10 Å². The van der Waals surface area contributed by atoms with E-state index in [1.165, 1.54) is 0 Å². The second-order valence-corrected chi connectivity index (χ2v) is 3.19. The second kappa shape index (κ2) is 3.64. The van der Waals surface area contributed by atoms with Gasteiger partial charge in [-0.05, 0) is 19.1 Å². The van der Waals surface area contributed by atoms with Crippen molar-refractivity contribution in [2.75, 3.05) is 0 Å². The molecule has 0 fully saturated rings. The number of aromatic nitrogens is 2. The van der Waals surface area contributed by atoms with Crippen LogP contribution in [0.4, 0.5) is 0 Å². The van der Waals surface area contributed by atoms with Gasteiger partial charge in [-0.3, -0.25) is 0 Å². The average molecular weight is 188 g/mol. The van der Waals surface area contributed by atoms with Gasteiger partial charge < -0.3 is 5.11 Å². The van der Waals surface area contributed by atoms with Gasteiger partial charge in [-0.2, -0.15) is 5.10 Å². The van der Waals surface area contributed by atoms with E-state index in [1.807, 2.05) is 36.5 Å². The molecule has 1 N–H and O–H groups in total. The number of nitrogens with zero attached hydrogens (tertiary/aromatic N) is 2. The summed E-state index contributed by atoms with van der Waals surface area (Å²) >= 11 is 0. The van der Waals surface area contributed by atoms with Crippen molar-refractivity contribution < 1.29 is 5.11 Å². The minimum Gasteiger partial charge on any atom is -0.389 e. The predicted octanol–water partition coefficient (Wildman–Crippen LogP) is 1.93. The van der Waals surface area contributed by atoms with Gasteiger partial charge >= 0.3 is 0 Å². The van der Waals surface area contributed by atoms with Crippen LogP contribution in [0.25, 0.3) is 5.69 Å². The van der Waals surface area contributed by atoms with Crippen molar-refractivity contribution in [3.05, 3.63) is 48.3 Å². The molecule has 72 valence electrons. The molecule has 0 aliphatic carbocycles. The smallest absolute Gasteiger partial charge is 0.0782 e. The molecule has 0 amide bonds. The van der Waals surface area contributed by atoms with Crippen LogP contribution >= 0.6 is 0 Å². The molecule has 0 saturated carbocycles. The summed E-state index contributed by atoms with van der Waals surface area (Å²) in [6.45, 7) is 1.75. The summed E-state index contributed by atoms with van der Waals surface area (Å²) in [7, 11) is 0. The largest absolute Gasteiger partial charge is 0.389 e. The van der Waals surface area contributed by atoms with Crippen LogP contribution in [0.2, 0.25) is 0 Å². The fourth-order valence-electron chi connectivity index (χ4n) is 1.46. The molecule has 1 unspecified atom stereocenters. The van der Waals surface area contributed by atoms with Crippen LogP contribution in [0, 0.1) is 0 Å². The van der Waals surface area contributed by atoms with Crippen LogP contribution in [-0.2, 0) is 0 Å². The molecule has 3 heteroatoms. The van der Waals surface area contributed by atoms with Crippen LogP contribution < -0.4 is 0 Å². The van der Waals surface area contributed by atoms with Crippen LogP contribution in [-0.4, -0.2) is 14.9 Å². The molecule has 0 aliphatic rings. The summed E-state index contributed by atoms with van der Waals surface area (Å²) < 4.78 is 1.75. The summed E-state index contributed by atoms with van der Waals surface area (Å²) in [6, 6.07) is 9.55.